The molecule has 1 heterocycles. The molecule has 3 rings (SSSR count). The molecule has 1 aliphatic carbocycles. The van der Waals surface area contributed by atoms with Gasteiger partial charge in [-0.25, -0.2) is 4.39 Å². The molecular formula is C17H18FNO2S. The fourth-order valence-electron chi connectivity index (χ4n) is 2.71. The minimum atomic E-state index is -0.266. The fraction of sp³-hybridized carbons (Fsp3) is 0.353. The summed E-state index contributed by atoms with van der Waals surface area (Å²) in [6.07, 6.45) is 2.92. The highest BCUT2D eigenvalue weighted by molar-refractivity contribution is 7.17. The molecule has 0 atom stereocenters. The summed E-state index contributed by atoms with van der Waals surface area (Å²) in [6.45, 7) is 0. The molecule has 0 bridgehead atoms. The molecule has 116 valence electrons. The van der Waals surface area contributed by atoms with E-state index in [1.54, 1.807) is 18.2 Å². The maximum Gasteiger partial charge on any atom is 0.261 e. The first-order valence-corrected chi connectivity index (χ1v) is 8.28. The minimum absolute atomic E-state index is 0.0697. The van der Waals surface area contributed by atoms with Crippen molar-refractivity contribution in [3.63, 3.8) is 0 Å². The Balaban J connectivity index is 1.65. The van der Waals surface area contributed by atoms with Crippen LogP contribution in [0.2, 0.25) is 0 Å². The van der Waals surface area contributed by atoms with Crippen molar-refractivity contribution in [2.75, 3.05) is 0 Å². The van der Waals surface area contributed by atoms with E-state index >= 15 is 0 Å². The Bertz CT molecular complexity index is 645. The molecule has 1 fully saturated rings. The number of carbonyl (C=O) groups is 1. The van der Waals surface area contributed by atoms with Crippen LogP contribution in [0.4, 0.5) is 4.39 Å². The Morgan fingerprint density at radius 3 is 2.45 bits per heavy atom. The number of rotatable bonds is 3. The number of carbonyl (C=O) groups excluding carboxylic acids is 1. The number of hydrogen-bond acceptors (Lipinski definition) is 3. The molecule has 5 heteroatoms. The number of nitrogens with one attached hydrogen (secondary N) is 1. The molecule has 0 radical (unpaired) electrons. The van der Waals surface area contributed by atoms with Crippen LogP contribution < -0.4 is 5.32 Å². The van der Waals surface area contributed by atoms with Gasteiger partial charge in [0.15, 0.2) is 0 Å². The molecule has 3 nitrogen and oxygen atoms in total. The second kappa shape index (κ2) is 6.58. The van der Waals surface area contributed by atoms with Gasteiger partial charge in [0.25, 0.3) is 5.91 Å². The van der Waals surface area contributed by atoms with Gasteiger partial charge in [-0.2, -0.15) is 0 Å². The molecule has 2 N–H and O–H groups in total. The predicted octanol–water partition coefficient (Wildman–Crippen LogP) is 3.59. The van der Waals surface area contributed by atoms with Crippen LogP contribution >= 0.6 is 11.3 Å². The summed E-state index contributed by atoms with van der Waals surface area (Å²) in [4.78, 5) is 13.9. The van der Waals surface area contributed by atoms with Crippen molar-refractivity contribution in [3.8, 4) is 10.4 Å². The van der Waals surface area contributed by atoms with Crippen LogP contribution in [0.15, 0.2) is 36.4 Å². The van der Waals surface area contributed by atoms with Gasteiger partial charge in [0.1, 0.15) is 5.82 Å². The number of hydrogen-bond donors (Lipinski definition) is 2. The molecule has 1 aromatic heterocycles. The van der Waals surface area contributed by atoms with E-state index in [0.29, 0.717) is 4.88 Å². The molecule has 1 aromatic carbocycles. The summed E-state index contributed by atoms with van der Waals surface area (Å²) in [7, 11) is 0. The number of halogens is 1. The van der Waals surface area contributed by atoms with Gasteiger partial charge in [-0.05, 0) is 55.5 Å². The average molecular weight is 319 g/mol. The molecule has 0 spiro atoms. The first kappa shape index (κ1) is 15.2. The van der Waals surface area contributed by atoms with Gasteiger partial charge in [-0.15, -0.1) is 11.3 Å². The maximum atomic E-state index is 12.9. The van der Waals surface area contributed by atoms with Gasteiger partial charge < -0.3 is 10.4 Å². The van der Waals surface area contributed by atoms with Crippen LogP contribution in [0.5, 0.6) is 0 Å². The number of benzene rings is 1. The molecule has 1 saturated carbocycles. The zero-order valence-electron chi connectivity index (χ0n) is 12.1. The van der Waals surface area contributed by atoms with Crippen molar-refractivity contribution in [2.24, 2.45) is 0 Å². The first-order valence-electron chi connectivity index (χ1n) is 7.46. The van der Waals surface area contributed by atoms with E-state index in [4.69, 9.17) is 0 Å². The van der Waals surface area contributed by atoms with Crippen molar-refractivity contribution in [2.45, 2.75) is 37.8 Å². The van der Waals surface area contributed by atoms with Crippen LogP contribution in [0.1, 0.15) is 35.4 Å². The topological polar surface area (TPSA) is 49.3 Å². The smallest absolute Gasteiger partial charge is 0.261 e. The number of thiophene rings is 1. The first-order chi connectivity index (χ1) is 10.6. The summed E-state index contributed by atoms with van der Waals surface area (Å²) in [5.41, 5.74) is 0.909. The minimum Gasteiger partial charge on any atom is -0.393 e. The lowest BCUT2D eigenvalue weighted by atomic mass is 9.93. The van der Waals surface area contributed by atoms with E-state index in [9.17, 15) is 14.3 Å². The van der Waals surface area contributed by atoms with Gasteiger partial charge in [-0.3, -0.25) is 4.79 Å². The molecule has 0 aliphatic heterocycles. The van der Waals surface area contributed by atoms with Gasteiger partial charge in [0.2, 0.25) is 0 Å². The van der Waals surface area contributed by atoms with E-state index < -0.39 is 0 Å². The molecule has 2 aromatic rings. The molecule has 22 heavy (non-hydrogen) atoms. The van der Waals surface area contributed by atoms with Gasteiger partial charge in [0.05, 0.1) is 11.0 Å². The van der Waals surface area contributed by atoms with Gasteiger partial charge in [-0.1, -0.05) is 12.1 Å². The summed E-state index contributed by atoms with van der Waals surface area (Å²) >= 11 is 1.41. The van der Waals surface area contributed by atoms with Crippen LogP contribution in [0.3, 0.4) is 0 Å². The van der Waals surface area contributed by atoms with Crippen molar-refractivity contribution in [1.29, 1.82) is 0 Å². The standard InChI is InChI=1S/C17H18FNO2S/c18-12-3-1-11(2-4-12)15-9-10-16(22-15)17(21)19-13-5-7-14(20)8-6-13/h1-4,9-10,13-14,20H,5-8H2,(H,19,21). The Morgan fingerprint density at radius 2 is 1.77 bits per heavy atom. The number of aliphatic hydroxyl groups excluding tert-OH is 1. The lowest BCUT2D eigenvalue weighted by Gasteiger charge is -2.25. The zero-order valence-corrected chi connectivity index (χ0v) is 12.9. The third kappa shape index (κ3) is 3.54. The molecular weight excluding hydrogens is 301 g/mol. The van der Waals surface area contributed by atoms with Crippen molar-refractivity contribution in [1.82, 2.24) is 5.32 Å². The van der Waals surface area contributed by atoms with E-state index in [2.05, 4.69) is 5.32 Å². The third-order valence-corrected chi connectivity index (χ3v) is 5.12. The number of aliphatic hydroxyl groups is 1. The maximum absolute atomic E-state index is 12.9. The monoisotopic (exact) mass is 319 g/mol. The summed E-state index contributed by atoms with van der Waals surface area (Å²) in [6, 6.07) is 10.1. The van der Waals surface area contributed by atoms with Crippen molar-refractivity contribution in [3.05, 3.63) is 47.1 Å². The Hall–Kier alpha value is -1.72. The summed E-state index contributed by atoms with van der Waals surface area (Å²) in [5.74, 6) is -0.336. The average Bonchev–Trinajstić information content (AvgIpc) is 3.00. The lowest BCUT2D eigenvalue weighted by molar-refractivity contribution is 0.0871. The van der Waals surface area contributed by atoms with E-state index in [1.807, 2.05) is 6.07 Å². The van der Waals surface area contributed by atoms with Crippen LogP contribution in [-0.4, -0.2) is 23.2 Å². The van der Waals surface area contributed by atoms with Crippen molar-refractivity contribution >= 4 is 17.2 Å². The third-order valence-electron chi connectivity index (χ3n) is 3.99. The molecule has 1 aliphatic rings. The van der Waals surface area contributed by atoms with Gasteiger partial charge >= 0.3 is 0 Å². The highest BCUT2D eigenvalue weighted by atomic mass is 32.1. The molecule has 0 saturated heterocycles. The fourth-order valence-corrected chi connectivity index (χ4v) is 3.62. The van der Waals surface area contributed by atoms with Crippen LogP contribution in [-0.2, 0) is 0 Å². The van der Waals surface area contributed by atoms with Crippen LogP contribution in [0.25, 0.3) is 10.4 Å². The highest BCUT2D eigenvalue weighted by Crippen LogP contribution is 2.28. The summed E-state index contributed by atoms with van der Waals surface area (Å²) in [5, 5.41) is 12.5. The predicted molar refractivity (Wildman–Crippen MR) is 85.4 cm³/mol. The van der Waals surface area contributed by atoms with E-state index in [-0.39, 0.29) is 23.9 Å². The second-order valence-electron chi connectivity index (χ2n) is 5.65. The Labute approximate surface area is 132 Å². The quantitative estimate of drug-likeness (QED) is 0.908. The zero-order chi connectivity index (χ0) is 15.5. The largest absolute Gasteiger partial charge is 0.393 e. The van der Waals surface area contributed by atoms with E-state index in [0.717, 1.165) is 36.1 Å². The molecule has 1 amide bonds. The van der Waals surface area contributed by atoms with E-state index in [1.165, 1.54) is 23.5 Å². The second-order valence-corrected chi connectivity index (χ2v) is 6.73. The Kier molecular flexibility index (Phi) is 4.55. The number of amides is 1. The molecule has 0 unspecified atom stereocenters. The SMILES string of the molecule is O=C(NC1CCC(O)CC1)c1ccc(-c2ccc(F)cc2)s1. The van der Waals surface area contributed by atoms with Gasteiger partial charge in [0, 0.05) is 10.9 Å². The highest BCUT2D eigenvalue weighted by Gasteiger charge is 2.21. The van der Waals surface area contributed by atoms with Crippen molar-refractivity contribution < 1.29 is 14.3 Å². The lowest BCUT2D eigenvalue weighted by Crippen LogP contribution is -2.38. The van der Waals surface area contributed by atoms with Crippen LogP contribution in [0, 0.1) is 5.82 Å². The normalized spacial score (nSPS) is 21.5. The summed E-state index contributed by atoms with van der Waals surface area (Å²) < 4.78 is 12.9. The Morgan fingerprint density at radius 1 is 1.09 bits per heavy atom.